The molecule has 0 radical (unpaired) electrons. The normalized spacial score (nSPS) is 11.7. The molecule has 0 atom stereocenters. The molecule has 0 aromatic carbocycles. The van der Waals surface area contributed by atoms with Gasteiger partial charge in [0.2, 0.25) is 0 Å². The molecule has 2 rings (SSSR count). The zero-order chi connectivity index (χ0) is 15.2. The first-order valence-corrected chi connectivity index (χ1v) is 7.18. The molecule has 0 bridgehead atoms. The Bertz CT molecular complexity index is 595. The van der Waals surface area contributed by atoms with Gasteiger partial charge in [0.1, 0.15) is 0 Å². The van der Waals surface area contributed by atoms with E-state index in [1.807, 2.05) is 17.8 Å². The predicted octanol–water partition coefficient (Wildman–Crippen LogP) is 1.36. The van der Waals surface area contributed by atoms with Gasteiger partial charge in [-0.3, -0.25) is 4.68 Å². The second kappa shape index (κ2) is 6.97. The maximum Gasteiger partial charge on any atom is 0.194 e. The molecule has 0 saturated heterocycles. The van der Waals surface area contributed by atoms with Crippen LogP contribution in [-0.2, 0) is 27.2 Å². The number of aryl methyl sites for hydroxylation is 2. The number of aliphatic imine (C=N–C) groups is 1. The number of hydrogen-bond acceptors (Lipinski definition) is 2. The lowest BCUT2D eigenvalue weighted by molar-refractivity contribution is 0.461. The van der Waals surface area contributed by atoms with Crippen LogP contribution in [-0.4, -0.2) is 38.8 Å². The van der Waals surface area contributed by atoms with Crippen molar-refractivity contribution in [3.05, 3.63) is 42.0 Å². The summed E-state index contributed by atoms with van der Waals surface area (Å²) in [5.74, 6) is 0.903. The summed E-state index contributed by atoms with van der Waals surface area (Å²) in [5, 5.41) is 7.50. The van der Waals surface area contributed by atoms with Crippen molar-refractivity contribution < 1.29 is 0 Å². The van der Waals surface area contributed by atoms with E-state index in [-0.39, 0.29) is 0 Å². The van der Waals surface area contributed by atoms with Crippen LogP contribution in [0.2, 0.25) is 0 Å². The van der Waals surface area contributed by atoms with Crippen LogP contribution in [0.1, 0.15) is 18.3 Å². The van der Waals surface area contributed by atoms with Crippen molar-refractivity contribution in [2.75, 3.05) is 13.6 Å². The summed E-state index contributed by atoms with van der Waals surface area (Å²) in [6.07, 6.45) is 3.86. The van der Waals surface area contributed by atoms with Crippen molar-refractivity contribution in [1.29, 1.82) is 0 Å². The first kappa shape index (κ1) is 15.2. The Balaban J connectivity index is 2.06. The van der Waals surface area contributed by atoms with Crippen LogP contribution in [0.3, 0.4) is 0 Å². The quantitative estimate of drug-likeness (QED) is 0.667. The zero-order valence-electron chi connectivity index (χ0n) is 13.2. The highest BCUT2D eigenvalue weighted by atomic mass is 15.3. The minimum absolute atomic E-state index is 0.621. The summed E-state index contributed by atoms with van der Waals surface area (Å²) in [7, 11) is 6.05. The second-order valence-electron chi connectivity index (χ2n) is 5.08. The van der Waals surface area contributed by atoms with Crippen LogP contribution in [0, 0.1) is 0 Å². The molecular formula is C15H24N6. The van der Waals surface area contributed by atoms with Crippen molar-refractivity contribution in [3.63, 3.8) is 0 Å². The number of hydrogen-bond donors (Lipinski definition) is 1. The summed E-state index contributed by atoms with van der Waals surface area (Å²) in [4.78, 5) is 6.82. The van der Waals surface area contributed by atoms with E-state index in [2.05, 4.69) is 64.2 Å². The highest BCUT2D eigenvalue weighted by molar-refractivity contribution is 5.79. The molecule has 6 nitrogen and oxygen atoms in total. The highest BCUT2D eigenvalue weighted by Gasteiger charge is 2.08. The maximum atomic E-state index is 4.69. The van der Waals surface area contributed by atoms with Gasteiger partial charge in [-0.25, -0.2) is 4.99 Å². The number of nitrogens with one attached hydrogen (secondary N) is 1. The minimum Gasteiger partial charge on any atom is -0.357 e. The van der Waals surface area contributed by atoms with Gasteiger partial charge in [0.15, 0.2) is 5.96 Å². The molecule has 2 aromatic rings. The molecule has 1 N–H and O–H groups in total. The largest absolute Gasteiger partial charge is 0.357 e. The van der Waals surface area contributed by atoms with Crippen LogP contribution >= 0.6 is 0 Å². The van der Waals surface area contributed by atoms with Gasteiger partial charge in [0, 0.05) is 45.8 Å². The smallest absolute Gasteiger partial charge is 0.194 e. The SMILES string of the molecule is CCNC(=NCc1ccnn1C)N(C)Cc1cccn1C. The van der Waals surface area contributed by atoms with E-state index in [4.69, 9.17) is 0 Å². The first-order chi connectivity index (χ1) is 10.1. The summed E-state index contributed by atoms with van der Waals surface area (Å²) < 4.78 is 3.98. The van der Waals surface area contributed by atoms with Gasteiger partial charge >= 0.3 is 0 Å². The van der Waals surface area contributed by atoms with Gasteiger partial charge < -0.3 is 14.8 Å². The van der Waals surface area contributed by atoms with E-state index in [1.165, 1.54) is 5.69 Å². The average Bonchev–Trinajstić information content (AvgIpc) is 3.04. The van der Waals surface area contributed by atoms with E-state index in [1.54, 1.807) is 6.20 Å². The van der Waals surface area contributed by atoms with Gasteiger partial charge in [-0.15, -0.1) is 0 Å². The molecule has 0 amide bonds. The standard InChI is InChI=1S/C15H24N6/c1-5-16-15(17-11-13-8-9-18-21(13)4)20(3)12-14-7-6-10-19(14)2/h6-10H,5,11-12H2,1-4H3,(H,16,17). The number of guanidine groups is 1. The van der Waals surface area contributed by atoms with Crippen LogP contribution < -0.4 is 5.32 Å². The van der Waals surface area contributed by atoms with E-state index in [0.29, 0.717) is 6.54 Å². The molecule has 0 aliphatic rings. The van der Waals surface area contributed by atoms with Gasteiger partial charge in [-0.2, -0.15) is 5.10 Å². The molecule has 114 valence electrons. The van der Waals surface area contributed by atoms with Crippen molar-refractivity contribution in [3.8, 4) is 0 Å². The summed E-state index contributed by atoms with van der Waals surface area (Å²) in [5.41, 5.74) is 2.35. The molecule has 2 heterocycles. The van der Waals surface area contributed by atoms with Gasteiger partial charge in [-0.05, 0) is 25.1 Å². The Labute approximate surface area is 126 Å². The van der Waals surface area contributed by atoms with Crippen LogP contribution in [0.15, 0.2) is 35.6 Å². The fourth-order valence-electron chi connectivity index (χ4n) is 2.16. The lowest BCUT2D eigenvalue weighted by Crippen LogP contribution is -2.38. The minimum atomic E-state index is 0.621. The van der Waals surface area contributed by atoms with E-state index < -0.39 is 0 Å². The maximum absolute atomic E-state index is 4.69. The predicted molar refractivity (Wildman–Crippen MR) is 84.9 cm³/mol. The monoisotopic (exact) mass is 288 g/mol. The summed E-state index contributed by atoms with van der Waals surface area (Å²) >= 11 is 0. The van der Waals surface area contributed by atoms with Gasteiger partial charge in [0.25, 0.3) is 0 Å². The Morgan fingerprint density at radius 2 is 2.14 bits per heavy atom. The molecule has 0 saturated carbocycles. The lowest BCUT2D eigenvalue weighted by Gasteiger charge is -2.22. The molecule has 0 unspecified atom stereocenters. The van der Waals surface area contributed by atoms with E-state index in [0.717, 1.165) is 24.7 Å². The Hall–Kier alpha value is -2.24. The van der Waals surface area contributed by atoms with Crippen LogP contribution in [0.5, 0.6) is 0 Å². The fourth-order valence-corrected chi connectivity index (χ4v) is 2.16. The first-order valence-electron chi connectivity index (χ1n) is 7.18. The Morgan fingerprint density at radius 3 is 2.71 bits per heavy atom. The van der Waals surface area contributed by atoms with Gasteiger partial charge in [-0.1, -0.05) is 0 Å². The van der Waals surface area contributed by atoms with E-state index in [9.17, 15) is 0 Å². The zero-order valence-corrected chi connectivity index (χ0v) is 13.2. The number of nitrogens with zero attached hydrogens (tertiary/aromatic N) is 5. The van der Waals surface area contributed by atoms with Crippen molar-refractivity contribution in [2.24, 2.45) is 19.1 Å². The molecule has 0 fully saturated rings. The van der Waals surface area contributed by atoms with Crippen molar-refractivity contribution in [2.45, 2.75) is 20.0 Å². The van der Waals surface area contributed by atoms with Crippen LogP contribution in [0.4, 0.5) is 0 Å². The van der Waals surface area contributed by atoms with Crippen molar-refractivity contribution >= 4 is 5.96 Å². The molecule has 0 aliphatic heterocycles. The summed E-state index contributed by atoms with van der Waals surface area (Å²) in [6.45, 7) is 4.37. The van der Waals surface area contributed by atoms with E-state index >= 15 is 0 Å². The number of rotatable bonds is 5. The third-order valence-electron chi connectivity index (χ3n) is 3.46. The average molecular weight is 288 g/mol. The Morgan fingerprint density at radius 1 is 1.33 bits per heavy atom. The molecule has 6 heteroatoms. The third kappa shape index (κ3) is 3.87. The molecule has 0 aliphatic carbocycles. The lowest BCUT2D eigenvalue weighted by atomic mass is 10.4. The molecule has 0 spiro atoms. The topological polar surface area (TPSA) is 50.4 Å². The van der Waals surface area contributed by atoms with Crippen LogP contribution in [0.25, 0.3) is 0 Å². The van der Waals surface area contributed by atoms with Crippen molar-refractivity contribution in [1.82, 2.24) is 24.6 Å². The second-order valence-corrected chi connectivity index (χ2v) is 5.08. The third-order valence-corrected chi connectivity index (χ3v) is 3.46. The van der Waals surface area contributed by atoms with Gasteiger partial charge in [0.05, 0.1) is 18.8 Å². The molecule has 2 aromatic heterocycles. The fraction of sp³-hybridized carbons (Fsp3) is 0.467. The number of aromatic nitrogens is 3. The molecule has 21 heavy (non-hydrogen) atoms. The Kier molecular flexibility index (Phi) is 5.03. The molecular weight excluding hydrogens is 264 g/mol. The summed E-state index contributed by atoms with van der Waals surface area (Å²) in [6, 6.07) is 6.17. The highest BCUT2D eigenvalue weighted by Crippen LogP contribution is 2.05.